The molecule has 0 unspecified atom stereocenters. The van der Waals surface area contributed by atoms with Gasteiger partial charge in [-0.2, -0.15) is 5.26 Å². The molecule has 3 nitrogen and oxygen atoms in total. The molecule has 0 heterocycles. The molecule has 0 saturated carbocycles. The van der Waals surface area contributed by atoms with Crippen LogP contribution < -0.4 is 4.74 Å². The highest BCUT2D eigenvalue weighted by atomic mass is 35.5. The number of ketones is 1. The van der Waals surface area contributed by atoms with E-state index in [-0.39, 0.29) is 12.4 Å². The molecule has 4 heteroatoms. The molecule has 0 spiro atoms. The number of rotatable bonds is 5. The van der Waals surface area contributed by atoms with Gasteiger partial charge in [-0.3, -0.25) is 4.79 Å². The van der Waals surface area contributed by atoms with E-state index in [4.69, 9.17) is 21.6 Å². The molecule has 0 amide bonds. The van der Waals surface area contributed by atoms with Gasteiger partial charge < -0.3 is 4.74 Å². The van der Waals surface area contributed by atoms with Gasteiger partial charge in [0.2, 0.25) is 0 Å². The highest BCUT2D eigenvalue weighted by Crippen LogP contribution is 2.20. The molecule has 0 N–H and O–H groups in total. The van der Waals surface area contributed by atoms with Gasteiger partial charge in [0.05, 0.1) is 0 Å². The number of benzene rings is 2. The number of hydrogen-bond acceptors (Lipinski definition) is 3. The van der Waals surface area contributed by atoms with Crippen LogP contribution in [0.25, 0.3) is 6.08 Å². The summed E-state index contributed by atoms with van der Waals surface area (Å²) >= 11 is 5.79. The summed E-state index contributed by atoms with van der Waals surface area (Å²) in [6.07, 6.45) is 3.14. The highest BCUT2D eigenvalue weighted by molar-refractivity contribution is 6.30. The molecule has 0 aliphatic carbocycles. The van der Waals surface area contributed by atoms with Gasteiger partial charge in [0.15, 0.2) is 12.4 Å². The Morgan fingerprint density at radius 2 is 1.90 bits per heavy atom. The van der Waals surface area contributed by atoms with Crippen LogP contribution in [0.3, 0.4) is 0 Å². The van der Waals surface area contributed by atoms with Crippen molar-refractivity contribution >= 4 is 23.5 Å². The Hall–Kier alpha value is -2.57. The third-order valence-corrected chi connectivity index (χ3v) is 3.01. The first-order valence-corrected chi connectivity index (χ1v) is 6.65. The van der Waals surface area contributed by atoms with E-state index >= 15 is 0 Å². The summed E-state index contributed by atoms with van der Waals surface area (Å²) in [5.41, 5.74) is 1.31. The van der Waals surface area contributed by atoms with Crippen molar-refractivity contribution in [3.05, 3.63) is 70.8 Å². The summed E-state index contributed by atoms with van der Waals surface area (Å²) in [5.74, 6) is 0.445. The number of carbonyl (C=O) groups excluding carboxylic acids is 1. The second kappa shape index (κ2) is 7.28. The number of nitriles is 1. The fourth-order valence-corrected chi connectivity index (χ4v) is 1.86. The van der Waals surface area contributed by atoms with Crippen molar-refractivity contribution in [3.63, 3.8) is 0 Å². The molecule has 2 aromatic carbocycles. The van der Waals surface area contributed by atoms with E-state index in [0.29, 0.717) is 16.3 Å². The van der Waals surface area contributed by atoms with Crippen LogP contribution >= 0.6 is 11.6 Å². The number of nitrogens with zero attached hydrogens (tertiary/aromatic N) is 1. The first kappa shape index (κ1) is 14.8. The van der Waals surface area contributed by atoms with Crippen LogP contribution in [0.15, 0.2) is 54.6 Å². The van der Waals surface area contributed by atoms with E-state index in [1.807, 2.05) is 24.3 Å². The number of halogens is 1. The number of ether oxygens (including phenoxy) is 1. The molecule has 2 aromatic rings. The minimum atomic E-state index is -0.123. The number of allylic oxidation sites excluding steroid dienone is 1. The average molecular weight is 298 g/mol. The molecule has 0 aliphatic rings. The largest absolute Gasteiger partial charge is 0.478 e. The lowest BCUT2D eigenvalue weighted by Crippen LogP contribution is -1.96. The predicted molar refractivity (Wildman–Crippen MR) is 82.4 cm³/mol. The quantitative estimate of drug-likeness (QED) is 0.615. The smallest absolute Gasteiger partial charge is 0.185 e. The van der Waals surface area contributed by atoms with Crippen molar-refractivity contribution in [2.24, 2.45) is 0 Å². The first-order chi connectivity index (χ1) is 10.2. The average Bonchev–Trinajstić information content (AvgIpc) is 2.52. The minimum Gasteiger partial charge on any atom is -0.478 e. The van der Waals surface area contributed by atoms with E-state index in [9.17, 15) is 4.79 Å². The van der Waals surface area contributed by atoms with Crippen molar-refractivity contribution in [2.75, 3.05) is 6.61 Å². The number of para-hydroxylation sites is 1. The van der Waals surface area contributed by atoms with Gasteiger partial charge in [-0.25, -0.2) is 0 Å². The minimum absolute atomic E-state index is 0.0318. The Bertz CT molecular complexity index is 699. The SMILES string of the molecule is N#CCOc1ccccc1/C=C/C(=O)c1ccc(Cl)cc1. The first-order valence-electron chi connectivity index (χ1n) is 6.27. The van der Waals surface area contributed by atoms with Crippen LogP contribution in [0.5, 0.6) is 5.75 Å². The Labute approximate surface area is 128 Å². The summed E-state index contributed by atoms with van der Waals surface area (Å²) in [7, 11) is 0. The van der Waals surface area contributed by atoms with E-state index in [1.165, 1.54) is 6.08 Å². The molecular weight excluding hydrogens is 286 g/mol. The Balaban J connectivity index is 2.15. The molecule has 0 bridgehead atoms. The van der Waals surface area contributed by atoms with Gasteiger partial charge in [0.1, 0.15) is 11.8 Å². The number of hydrogen-bond donors (Lipinski definition) is 0. The van der Waals surface area contributed by atoms with Gasteiger partial charge in [0.25, 0.3) is 0 Å². The van der Waals surface area contributed by atoms with Crippen LogP contribution in [-0.2, 0) is 0 Å². The van der Waals surface area contributed by atoms with Crippen molar-refractivity contribution < 1.29 is 9.53 Å². The van der Waals surface area contributed by atoms with Gasteiger partial charge in [0, 0.05) is 16.1 Å². The topological polar surface area (TPSA) is 50.1 Å². The molecular formula is C17H12ClNO2. The van der Waals surface area contributed by atoms with Crippen LogP contribution in [-0.4, -0.2) is 12.4 Å². The third-order valence-electron chi connectivity index (χ3n) is 2.75. The summed E-state index contributed by atoms with van der Waals surface area (Å²) in [5, 5.41) is 9.14. The standard InChI is InChI=1S/C17H12ClNO2/c18-15-8-5-13(6-9-15)16(20)10-7-14-3-1-2-4-17(14)21-12-11-19/h1-10H,12H2/b10-7+. The van der Waals surface area contributed by atoms with Crippen LogP contribution in [0.1, 0.15) is 15.9 Å². The van der Waals surface area contributed by atoms with Crippen molar-refractivity contribution in [1.29, 1.82) is 5.26 Å². The molecule has 0 radical (unpaired) electrons. The van der Waals surface area contributed by atoms with Crippen molar-refractivity contribution in [2.45, 2.75) is 0 Å². The van der Waals surface area contributed by atoms with Gasteiger partial charge in [-0.1, -0.05) is 29.8 Å². The van der Waals surface area contributed by atoms with Crippen LogP contribution in [0.2, 0.25) is 5.02 Å². The molecule has 104 valence electrons. The normalized spacial score (nSPS) is 10.3. The fraction of sp³-hybridized carbons (Fsp3) is 0.0588. The molecule has 0 saturated heterocycles. The second-order valence-corrected chi connectivity index (χ2v) is 4.63. The molecule has 0 aromatic heterocycles. The fourth-order valence-electron chi connectivity index (χ4n) is 1.74. The zero-order valence-electron chi connectivity index (χ0n) is 11.1. The Morgan fingerprint density at radius 1 is 1.19 bits per heavy atom. The lowest BCUT2D eigenvalue weighted by Gasteiger charge is -2.05. The van der Waals surface area contributed by atoms with Gasteiger partial charge >= 0.3 is 0 Å². The van der Waals surface area contributed by atoms with Gasteiger partial charge in [-0.05, 0) is 42.5 Å². The molecule has 21 heavy (non-hydrogen) atoms. The van der Waals surface area contributed by atoms with Crippen LogP contribution in [0, 0.1) is 11.3 Å². The van der Waals surface area contributed by atoms with Crippen molar-refractivity contribution in [1.82, 2.24) is 0 Å². The molecule has 2 rings (SSSR count). The monoisotopic (exact) mass is 297 g/mol. The Morgan fingerprint density at radius 3 is 2.62 bits per heavy atom. The zero-order chi connectivity index (χ0) is 15.1. The maximum Gasteiger partial charge on any atom is 0.185 e. The van der Waals surface area contributed by atoms with Crippen molar-refractivity contribution in [3.8, 4) is 11.8 Å². The molecule has 0 atom stereocenters. The molecule has 0 fully saturated rings. The summed E-state index contributed by atoms with van der Waals surface area (Å²) in [6, 6.07) is 15.8. The van der Waals surface area contributed by atoms with Gasteiger partial charge in [-0.15, -0.1) is 0 Å². The summed E-state index contributed by atoms with van der Waals surface area (Å²) < 4.78 is 5.30. The third kappa shape index (κ3) is 4.20. The Kier molecular flexibility index (Phi) is 5.14. The van der Waals surface area contributed by atoms with E-state index < -0.39 is 0 Å². The lowest BCUT2D eigenvalue weighted by molar-refractivity contribution is 0.104. The number of carbonyl (C=O) groups is 1. The highest BCUT2D eigenvalue weighted by Gasteiger charge is 2.03. The predicted octanol–water partition coefficient (Wildman–Crippen LogP) is 4.14. The maximum atomic E-state index is 12.0. The zero-order valence-corrected chi connectivity index (χ0v) is 11.9. The molecule has 0 aliphatic heterocycles. The van der Waals surface area contributed by atoms with Crippen LogP contribution in [0.4, 0.5) is 0 Å². The summed E-state index contributed by atoms with van der Waals surface area (Å²) in [4.78, 5) is 12.0. The second-order valence-electron chi connectivity index (χ2n) is 4.19. The lowest BCUT2D eigenvalue weighted by atomic mass is 10.1. The maximum absolute atomic E-state index is 12.0. The van der Waals surface area contributed by atoms with E-state index in [2.05, 4.69) is 0 Å². The summed E-state index contributed by atoms with van der Waals surface area (Å²) in [6.45, 7) is -0.0318. The van der Waals surface area contributed by atoms with E-state index in [1.54, 1.807) is 36.4 Å². The van der Waals surface area contributed by atoms with E-state index in [0.717, 1.165) is 5.56 Å².